The predicted molar refractivity (Wildman–Crippen MR) is 50.1 cm³/mol. The summed E-state index contributed by atoms with van der Waals surface area (Å²) in [5, 5.41) is 2.33. The Hall–Kier alpha value is -1.31. The average molecular weight is 166 g/mol. The van der Waals surface area contributed by atoms with Crippen LogP contribution < -0.4 is 5.32 Å². The molecule has 0 atom stereocenters. The summed E-state index contributed by atoms with van der Waals surface area (Å²) in [7, 11) is 0. The lowest BCUT2D eigenvalue weighted by molar-refractivity contribution is -0.114. The highest BCUT2D eigenvalue weighted by Crippen LogP contribution is 2.09. The summed E-state index contributed by atoms with van der Waals surface area (Å²) in [4.78, 5) is 11.1. The molecule has 12 heavy (non-hydrogen) atoms. The van der Waals surface area contributed by atoms with Crippen molar-refractivity contribution in [3.63, 3.8) is 0 Å². The summed E-state index contributed by atoms with van der Waals surface area (Å²) in [5.74, 6) is -0.952. The van der Waals surface area contributed by atoms with Crippen LogP contribution in [0.3, 0.4) is 0 Å². The van der Waals surface area contributed by atoms with E-state index >= 15 is 0 Å². The first-order chi connectivity index (χ1) is 6.93. The molecule has 0 radical (unpaired) electrons. The molecule has 0 aliphatic rings. The molecule has 0 bridgehead atoms. The number of benzene rings is 1. The number of hydrogen-bond donors (Lipinski definition) is 1. The molecular weight excluding hydrogens is 150 g/mol. The highest BCUT2D eigenvalue weighted by atomic mass is 16.1. The first-order valence-corrected chi connectivity index (χ1v) is 3.84. The average Bonchev–Trinajstić information content (AvgIpc) is 2.17. The van der Waals surface area contributed by atoms with E-state index in [0.29, 0.717) is 5.69 Å². The van der Waals surface area contributed by atoms with Crippen molar-refractivity contribution in [3.8, 4) is 0 Å². The quantitative estimate of drug-likeness (QED) is 0.717. The van der Waals surface area contributed by atoms with Crippen molar-refractivity contribution >= 4 is 11.6 Å². The molecule has 1 aromatic carbocycles. The molecule has 1 aromatic rings. The molecule has 64 valence electrons. The van der Waals surface area contributed by atoms with Gasteiger partial charge in [-0.15, -0.1) is 0 Å². The van der Waals surface area contributed by atoms with Gasteiger partial charge in [0.2, 0.25) is 5.91 Å². The van der Waals surface area contributed by atoms with Gasteiger partial charge in [0.05, 0.1) is 0 Å². The second-order valence-electron chi connectivity index (χ2n) is 2.50. The van der Waals surface area contributed by atoms with Crippen LogP contribution in [0.2, 0.25) is 0 Å². The fraction of sp³-hybridized carbons (Fsp3) is 0.300. The lowest BCUT2D eigenvalue weighted by Gasteiger charge is -2.01. The van der Waals surface area contributed by atoms with E-state index in [0.717, 1.165) is 12.0 Å². The molecule has 1 rings (SSSR count). The maximum absolute atomic E-state index is 11.1. The van der Waals surface area contributed by atoms with Crippen molar-refractivity contribution < 1.29 is 8.91 Å². The number of nitrogens with one attached hydrogen (secondary N) is 1. The van der Waals surface area contributed by atoms with Gasteiger partial charge in [0.1, 0.15) is 0 Å². The third-order valence-corrected chi connectivity index (χ3v) is 1.62. The van der Waals surface area contributed by atoms with Crippen molar-refractivity contribution in [3.05, 3.63) is 29.8 Å². The lowest BCUT2D eigenvalue weighted by Crippen LogP contribution is -2.05. The number of carbonyl (C=O) groups is 1. The minimum atomic E-state index is -2.59. The van der Waals surface area contributed by atoms with Gasteiger partial charge in [0.15, 0.2) is 0 Å². The molecule has 0 saturated carbocycles. The zero-order valence-electron chi connectivity index (χ0n) is 9.92. The Balaban J connectivity index is 2.70. The molecule has 0 spiro atoms. The highest BCUT2D eigenvalue weighted by molar-refractivity contribution is 5.88. The van der Waals surface area contributed by atoms with Crippen LogP contribution in [0.5, 0.6) is 0 Å². The Morgan fingerprint density at radius 1 is 1.50 bits per heavy atom. The standard InChI is InChI=1S/C10H13NO/c1-3-9-4-6-10(7-5-9)11-8(2)12/h4-7H,3H2,1-2H3,(H,11,12)/i2D3. The van der Waals surface area contributed by atoms with Gasteiger partial charge >= 0.3 is 0 Å². The predicted octanol–water partition coefficient (Wildman–Crippen LogP) is 2.21. The maximum Gasteiger partial charge on any atom is 0.221 e. The van der Waals surface area contributed by atoms with Crippen LogP contribution in [0.25, 0.3) is 0 Å². The third kappa shape index (κ3) is 2.38. The van der Waals surface area contributed by atoms with Crippen LogP contribution in [-0.2, 0) is 11.2 Å². The number of amides is 1. The Labute approximate surface area is 76.8 Å². The molecule has 2 heteroatoms. The van der Waals surface area contributed by atoms with Gasteiger partial charge in [-0.25, -0.2) is 0 Å². The SMILES string of the molecule is [2H]C([2H])([2H])C(=O)Nc1ccc(CC)cc1. The van der Waals surface area contributed by atoms with E-state index in [2.05, 4.69) is 5.32 Å². The van der Waals surface area contributed by atoms with Gasteiger partial charge in [0.25, 0.3) is 0 Å². The summed E-state index contributed by atoms with van der Waals surface area (Å²) in [6.45, 7) is -0.570. The monoisotopic (exact) mass is 166 g/mol. The Bertz CT molecular complexity index is 343. The number of rotatable bonds is 2. The topological polar surface area (TPSA) is 29.1 Å². The van der Waals surface area contributed by atoms with E-state index < -0.39 is 12.8 Å². The van der Waals surface area contributed by atoms with Gasteiger partial charge in [-0.3, -0.25) is 4.79 Å². The van der Waals surface area contributed by atoms with Crippen molar-refractivity contribution in [1.29, 1.82) is 0 Å². The summed E-state index contributed by atoms with van der Waals surface area (Å²) in [6.07, 6.45) is 0.910. The van der Waals surface area contributed by atoms with Crippen LogP contribution in [0.1, 0.15) is 23.5 Å². The lowest BCUT2D eigenvalue weighted by atomic mass is 10.1. The second kappa shape index (κ2) is 3.90. The largest absolute Gasteiger partial charge is 0.326 e. The molecule has 0 aliphatic heterocycles. The minimum absolute atomic E-state index is 0.508. The van der Waals surface area contributed by atoms with Crippen LogP contribution >= 0.6 is 0 Å². The Kier molecular flexibility index (Phi) is 1.74. The van der Waals surface area contributed by atoms with Crippen molar-refractivity contribution in [2.75, 3.05) is 5.32 Å². The number of anilines is 1. The second-order valence-corrected chi connectivity index (χ2v) is 2.50. The normalized spacial score (nSPS) is 14.2. The number of carbonyl (C=O) groups excluding carboxylic acids is 1. The first kappa shape index (κ1) is 5.36. The number of aryl methyl sites for hydroxylation is 1. The molecule has 0 fully saturated rings. The summed E-state index contributed by atoms with van der Waals surface area (Å²) >= 11 is 0. The first-order valence-electron chi connectivity index (χ1n) is 5.34. The fourth-order valence-corrected chi connectivity index (χ4v) is 0.955. The van der Waals surface area contributed by atoms with E-state index in [9.17, 15) is 4.79 Å². The van der Waals surface area contributed by atoms with E-state index in [1.165, 1.54) is 0 Å². The van der Waals surface area contributed by atoms with E-state index in [4.69, 9.17) is 4.11 Å². The zero-order chi connectivity index (χ0) is 11.5. The fourth-order valence-electron chi connectivity index (χ4n) is 0.955. The molecular formula is C10H13NO. The van der Waals surface area contributed by atoms with E-state index in [1.54, 1.807) is 12.1 Å². The summed E-state index contributed by atoms with van der Waals surface area (Å²) < 4.78 is 20.7. The van der Waals surface area contributed by atoms with Crippen molar-refractivity contribution in [1.82, 2.24) is 0 Å². The van der Waals surface area contributed by atoms with Gasteiger partial charge in [0, 0.05) is 16.7 Å². The van der Waals surface area contributed by atoms with Crippen LogP contribution in [-0.4, -0.2) is 5.91 Å². The van der Waals surface area contributed by atoms with E-state index in [1.807, 2.05) is 19.1 Å². The van der Waals surface area contributed by atoms with Crippen LogP contribution in [0.15, 0.2) is 24.3 Å². The zero-order valence-corrected chi connectivity index (χ0v) is 6.92. The van der Waals surface area contributed by atoms with Crippen LogP contribution in [0, 0.1) is 0 Å². The molecule has 0 aliphatic carbocycles. The van der Waals surface area contributed by atoms with Gasteiger partial charge in [-0.05, 0) is 24.1 Å². The molecule has 1 N–H and O–H groups in total. The number of hydrogen-bond acceptors (Lipinski definition) is 1. The molecule has 0 aromatic heterocycles. The van der Waals surface area contributed by atoms with E-state index in [-0.39, 0.29) is 0 Å². The smallest absolute Gasteiger partial charge is 0.221 e. The highest BCUT2D eigenvalue weighted by Gasteiger charge is 1.93. The molecule has 0 saturated heterocycles. The minimum Gasteiger partial charge on any atom is -0.326 e. The van der Waals surface area contributed by atoms with Gasteiger partial charge in [-0.2, -0.15) is 0 Å². The molecule has 1 amide bonds. The van der Waals surface area contributed by atoms with Crippen LogP contribution in [0.4, 0.5) is 5.69 Å². The Morgan fingerprint density at radius 3 is 2.67 bits per heavy atom. The Morgan fingerprint density at radius 2 is 2.17 bits per heavy atom. The third-order valence-electron chi connectivity index (χ3n) is 1.62. The summed E-state index contributed by atoms with van der Waals surface area (Å²) in [6, 6.07) is 7.11. The maximum atomic E-state index is 11.1. The molecule has 0 heterocycles. The molecule has 2 nitrogen and oxygen atoms in total. The van der Waals surface area contributed by atoms with Crippen molar-refractivity contribution in [2.24, 2.45) is 0 Å². The molecule has 0 unspecified atom stereocenters. The van der Waals surface area contributed by atoms with Gasteiger partial charge in [-0.1, -0.05) is 19.1 Å². The summed E-state index contributed by atoms with van der Waals surface area (Å²) in [5.41, 5.74) is 1.65. The van der Waals surface area contributed by atoms with Crippen molar-refractivity contribution in [2.45, 2.75) is 20.2 Å². The van der Waals surface area contributed by atoms with Gasteiger partial charge < -0.3 is 5.32 Å².